The van der Waals surface area contributed by atoms with Gasteiger partial charge >= 0.3 is 0 Å². The summed E-state index contributed by atoms with van der Waals surface area (Å²) >= 11 is 0. The zero-order valence-corrected chi connectivity index (χ0v) is 13.2. The van der Waals surface area contributed by atoms with Crippen molar-refractivity contribution in [3.63, 3.8) is 0 Å². The summed E-state index contributed by atoms with van der Waals surface area (Å²) in [4.78, 5) is 18.6. The molecule has 4 nitrogen and oxygen atoms in total. The SMILES string of the molecule is Cl.Cl.NCC1CCN(C(=O)c2ccc3ncccc3c2)C1. The number of carbonyl (C=O) groups is 1. The molecule has 1 fully saturated rings. The Hall–Kier alpha value is -1.36. The van der Waals surface area contributed by atoms with Gasteiger partial charge in [-0.2, -0.15) is 0 Å². The number of nitrogens with zero attached hydrogens (tertiary/aromatic N) is 2. The lowest BCUT2D eigenvalue weighted by Gasteiger charge is -2.16. The van der Waals surface area contributed by atoms with E-state index in [9.17, 15) is 4.79 Å². The maximum atomic E-state index is 12.4. The topological polar surface area (TPSA) is 59.2 Å². The minimum Gasteiger partial charge on any atom is -0.338 e. The van der Waals surface area contributed by atoms with Crippen LogP contribution in [0.4, 0.5) is 0 Å². The molecule has 1 aromatic carbocycles. The Bertz CT molecular complexity index is 621. The van der Waals surface area contributed by atoms with E-state index in [2.05, 4.69) is 4.98 Å². The summed E-state index contributed by atoms with van der Waals surface area (Å²) in [7, 11) is 0. The standard InChI is InChI=1S/C15H17N3O.2ClH/c16-9-11-5-7-18(10-11)15(19)13-3-4-14-12(8-13)2-1-6-17-14;;/h1-4,6,8,11H,5,7,9-10,16H2;2*1H. The molecule has 0 spiro atoms. The molecule has 1 aliphatic heterocycles. The number of fused-ring (bicyclic) bond motifs is 1. The summed E-state index contributed by atoms with van der Waals surface area (Å²) in [5.74, 6) is 0.549. The van der Waals surface area contributed by atoms with E-state index >= 15 is 0 Å². The Balaban J connectivity index is 0.00000110. The van der Waals surface area contributed by atoms with Crippen LogP contribution < -0.4 is 5.73 Å². The summed E-state index contributed by atoms with van der Waals surface area (Å²) in [6, 6.07) is 9.54. The Labute approximate surface area is 136 Å². The van der Waals surface area contributed by atoms with Gasteiger partial charge in [0.1, 0.15) is 0 Å². The number of nitrogens with two attached hydrogens (primary N) is 1. The molecule has 6 heteroatoms. The summed E-state index contributed by atoms with van der Waals surface area (Å²) in [6.07, 6.45) is 2.77. The predicted molar refractivity (Wildman–Crippen MR) is 89.3 cm³/mol. The van der Waals surface area contributed by atoms with Crippen LogP contribution in [0.1, 0.15) is 16.8 Å². The van der Waals surface area contributed by atoms with Crippen LogP contribution in [-0.4, -0.2) is 35.4 Å². The van der Waals surface area contributed by atoms with Gasteiger partial charge in [0.15, 0.2) is 0 Å². The Morgan fingerprint density at radius 1 is 1.33 bits per heavy atom. The Morgan fingerprint density at radius 2 is 2.14 bits per heavy atom. The molecule has 1 amide bonds. The van der Waals surface area contributed by atoms with Crippen LogP contribution in [0.15, 0.2) is 36.5 Å². The lowest BCUT2D eigenvalue weighted by Crippen LogP contribution is -2.29. The number of pyridine rings is 1. The van der Waals surface area contributed by atoms with Gasteiger partial charge in [0.25, 0.3) is 5.91 Å². The van der Waals surface area contributed by atoms with Gasteiger partial charge in [-0.15, -0.1) is 24.8 Å². The van der Waals surface area contributed by atoms with Crippen molar-refractivity contribution >= 4 is 41.6 Å². The van der Waals surface area contributed by atoms with Gasteiger partial charge in [0, 0.05) is 30.2 Å². The first kappa shape index (κ1) is 17.7. The number of benzene rings is 1. The minimum atomic E-state index is 0. The molecule has 1 atom stereocenters. The van der Waals surface area contributed by atoms with E-state index in [4.69, 9.17) is 5.73 Å². The van der Waals surface area contributed by atoms with Gasteiger partial charge in [-0.3, -0.25) is 9.78 Å². The maximum absolute atomic E-state index is 12.4. The molecule has 2 heterocycles. The fourth-order valence-corrected chi connectivity index (χ4v) is 2.60. The molecule has 0 aliphatic carbocycles. The van der Waals surface area contributed by atoms with Crippen LogP contribution in [0.25, 0.3) is 10.9 Å². The van der Waals surface area contributed by atoms with Crippen molar-refractivity contribution < 1.29 is 4.79 Å². The van der Waals surface area contributed by atoms with Crippen LogP contribution in [0, 0.1) is 5.92 Å². The van der Waals surface area contributed by atoms with Gasteiger partial charge in [-0.1, -0.05) is 6.07 Å². The van der Waals surface area contributed by atoms with Crippen LogP contribution in [0.2, 0.25) is 0 Å². The molecule has 21 heavy (non-hydrogen) atoms. The Morgan fingerprint density at radius 3 is 2.86 bits per heavy atom. The molecule has 0 radical (unpaired) electrons. The van der Waals surface area contributed by atoms with Crippen molar-refractivity contribution in [3.8, 4) is 0 Å². The number of halogens is 2. The van der Waals surface area contributed by atoms with Crippen molar-refractivity contribution in [2.75, 3.05) is 19.6 Å². The van der Waals surface area contributed by atoms with Crippen LogP contribution >= 0.6 is 24.8 Å². The molecule has 0 bridgehead atoms. The van der Waals surface area contributed by atoms with Gasteiger partial charge in [0.05, 0.1) is 5.52 Å². The van der Waals surface area contributed by atoms with Crippen LogP contribution in [0.5, 0.6) is 0 Å². The number of amides is 1. The van der Waals surface area contributed by atoms with Gasteiger partial charge < -0.3 is 10.6 Å². The smallest absolute Gasteiger partial charge is 0.253 e. The van der Waals surface area contributed by atoms with Gasteiger partial charge in [0.2, 0.25) is 0 Å². The Kier molecular flexibility index (Phi) is 6.40. The van der Waals surface area contributed by atoms with Crippen molar-refractivity contribution in [2.24, 2.45) is 11.7 Å². The van der Waals surface area contributed by atoms with E-state index in [1.807, 2.05) is 35.2 Å². The second-order valence-electron chi connectivity index (χ2n) is 5.05. The number of aromatic nitrogens is 1. The highest BCUT2D eigenvalue weighted by molar-refractivity contribution is 5.98. The van der Waals surface area contributed by atoms with E-state index < -0.39 is 0 Å². The second-order valence-corrected chi connectivity index (χ2v) is 5.05. The van der Waals surface area contributed by atoms with Gasteiger partial charge in [-0.05, 0) is 43.1 Å². The van der Waals surface area contributed by atoms with E-state index in [0.29, 0.717) is 12.5 Å². The lowest BCUT2D eigenvalue weighted by atomic mass is 10.1. The summed E-state index contributed by atoms with van der Waals surface area (Å²) in [5, 5.41) is 1.00. The second kappa shape index (κ2) is 7.59. The van der Waals surface area contributed by atoms with Crippen molar-refractivity contribution in [1.29, 1.82) is 0 Å². The first-order valence-corrected chi connectivity index (χ1v) is 6.62. The molecule has 1 aromatic heterocycles. The third-order valence-electron chi connectivity index (χ3n) is 3.76. The van der Waals surface area contributed by atoms with E-state index in [0.717, 1.165) is 36.0 Å². The third-order valence-corrected chi connectivity index (χ3v) is 3.76. The van der Waals surface area contributed by atoms with Crippen molar-refractivity contribution in [3.05, 3.63) is 42.1 Å². The fraction of sp³-hybridized carbons (Fsp3) is 0.333. The van der Waals surface area contributed by atoms with Crippen LogP contribution in [-0.2, 0) is 0 Å². The summed E-state index contributed by atoms with van der Waals surface area (Å²) < 4.78 is 0. The third kappa shape index (κ3) is 3.64. The first-order chi connectivity index (χ1) is 9.28. The van der Waals surface area contributed by atoms with Crippen molar-refractivity contribution in [1.82, 2.24) is 9.88 Å². The molecule has 2 aromatic rings. The monoisotopic (exact) mass is 327 g/mol. The average molecular weight is 328 g/mol. The highest BCUT2D eigenvalue weighted by atomic mass is 35.5. The fourth-order valence-electron chi connectivity index (χ4n) is 2.60. The minimum absolute atomic E-state index is 0. The van der Waals surface area contributed by atoms with E-state index in [-0.39, 0.29) is 30.7 Å². The molecule has 1 aliphatic rings. The molecule has 0 saturated carbocycles. The zero-order valence-electron chi connectivity index (χ0n) is 11.6. The average Bonchev–Trinajstić information content (AvgIpc) is 2.95. The quantitative estimate of drug-likeness (QED) is 0.921. The molecule has 1 unspecified atom stereocenters. The zero-order chi connectivity index (χ0) is 13.2. The number of carbonyl (C=O) groups excluding carboxylic acids is 1. The number of rotatable bonds is 2. The molecule has 114 valence electrons. The molecular weight excluding hydrogens is 309 g/mol. The molecule has 3 rings (SSSR count). The number of likely N-dealkylation sites (tertiary alicyclic amines) is 1. The lowest BCUT2D eigenvalue weighted by molar-refractivity contribution is 0.0788. The van der Waals surface area contributed by atoms with Crippen LogP contribution in [0.3, 0.4) is 0 Å². The van der Waals surface area contributed by atoms with Crippen molar-refractivity contribution in [2.45, 2.75) is 6.42 Å². The maximum Gasteiger partial charge on any atom is 0.253 e. The number of hydrogen-bond donors (Lipinski definition) is 1. The first-order valence-electron chi connectivity index (χ1n) is 6.62. The molecule has 2 N–H and O–H groups in total. The van der Waals surface area contributed by atoms with Gasteiger partial charge in [-0.25, -0.2) is 0 Å². The molecule has 1 saturated heterocycles. The van der Waals surface area contributed by atoms with E-state index in [1.54, 1.807) is 6.20 Å². The number of hydrogen-bond acceptors (Lipinski definition) is 3. The molecular formula is C15H19Cl2N3O. The largest absolute Gasteiger partial charge is 0.338 e. The highest BCUT2D eigenvalue weighted by Gasteiger charge is 2.25. The summed E-state index contributed by atoms with van der Waals surface area (Å²) in [5.41, 5.74) is 7.31. The van der Waals surface area contributed by atoms with E-state index in [1.165, 1.54) is 0 Å². The summed E-state index contributed by atoms with van der Waals surface area (Å²) in [6.45, 7) is 2.25. The predicted octanol–water partition coefficient (Wildman–Crippen LogP) is 2.50. The normalized spacial score (nSPS) is 17.2. The highest BCUT2D eigenvalue weighted by Crippen LogP contribution is 2.20.